The third-order valence-electron chi connectivity index (χ3n) is 2.59. The zero-order valence-corrected chi connectivity index (χ0v) is 12.0. The summed E-state index contributed by atoms with van der Waals surface area (Å²) in [6, 6.07) is 5.44. The molecule has 0 unspecified atom stereocenters. The molecule has 0 aromatic heterocycles. The van der Waals surface area contributed by atoms with Crippen molar-refractivity contribution >= 4 is 17.7 Å². The summed E-state index contributed by atoms with van der Waals surface area (Å²) in [6.07, 6.45) is 4.01. The zero-order valence-electron chi connectivity index (χ0n) is 12.0. The molecule has 1 aromatic rings. The van der Waals surface area contributed by atoms with Gasteiger partial charge in [0.2, 0.25) is 5.91 Å². The van der Waals surface area contributed by atoms with Crippen molar-refractivity contribution < 1.29 is 14.3 Å². The van der Waals surface area contributed by atoms with Crippen LogP contribution in [0.5, 0.6) is 5.75 Å². The molecule has 0 aliphatic carbocycles. The molecule has 5 nitrogen and oxygen atoms in total. The number of carbonyl (C=O) groups is 1. The van der Waals surface area contributed by atoms with E-state index in [-0.39, 0.29) is 5.91 Å². The fourth-order valence-electron chi connectivity index (χ4n) is 1.62. The summed E-state index contributed by atoms with van der Waals surface area (Å²) < 4.78 is 10.3. The molecular weight excluding hydrogens is 256 g/mol. The summed E-state index contributed by atoms with van der Waals surface area (Å²) in [5.74, 6) is 0.530. The first-order chi connectivity index (χ1) is 9.67. The minimum absolute atomic E-state index is 0.131. The third kappa shape index (κ3) is 5.75. The lowest BCUT2D eigenvalue weighted by Gasteiger charge is -2.07. The van der Waals surface area contributed by atoms with E-state index >= 15 is 0 Å². The van der Waals surface area contributed by atoms with Crippen molar-refractivity contribution in [1.29, 1.82) is 0 Å². The molecule has 0 saturated carbocycles. The lowest BCUT2D eigenvalue weighted by atomic mass is 10.1. The van der Waals surface area contributed by atoms with Crippen LogP contribution in [-0.2, 0) is 9.53 Å². The van der Waals surface area contributed by atoms with Crippen LogP contribution in [0.1, 0.15) is 18.9 Å². The van der Waals surface area contributed by atoms with Gasteiger partial charge in [-0.2, -0.15) is 0 Å². The van der Waals surface area contributed by atoms with Crippen molar-refractivity contribution in [3.8, 4) is 5.75 Å². The van der Waals surface area contributed by atoms with Crippen LogP contribution in [0.4, 0.5) is 5.69 Å². The molecule has 1 aromatic carbocycles. The molecule has 0 atom stereocenters. The minimum Gasteiger partial charge on any atom is -0.492 e. The smallest absolute Gasteiger partial charge is 0.244 e. The van der Waals surface area contributed by atoms with Crippen LogP contribution >= 0.6 is 0 Å². The first-order valence-electron chi connectivity index (χ1n) is 6.64. The topological polar surface area (TPSA) is 73.6 Å². The van der Waals surface area contributed by atoms with Crippen molar-refractivity contribution in [3.63, 3.8) is 0 Å². The monoisotopic (exact) mass is 278 g/mol. The molecule has 3 N–H and O–H groups in total. The van der Waals surface area contributed by atoms with E-state index in [9.17, 15) is 4.79 Å². The number of anilines is 1. The lowest BCUT2D eigenvalue weighted by molar-refractivity contribution is -0.116. The van der Waals surface area contributed by atoms with Crippen molar-refractivity contribution in [2.45, 2.75) is 13.3 Å². The Morgan fingerprint density at radius 2 is 2.25 bits per heavy atom. The Kier molecular flexibility index (Phi) is 7.21. The Bertz CT molecular complexity index is 458. The molecule has 110 valence electrons. The molecule has 0 fully saturated rings. The second-order valence-corrected chi connectivity index (χ2v) is 4.20. The van der Waals surface area contributed by atoms with E-state index in [4.69, 9.17) is 15.2 Å². The second-order valence-electron chi connectivity index (χ2n) is 4.20. The molecule has 0 bridgehead atoms. The number of hydrogen-bond donors (Lipinski definition) is 2. The number of nitrogens with two attached hydrogens (primary N) is 1. The zero-order chi connectivity index (χ0) is 14.8. The molecule has 0 heterocycles. The number of hydrogen-bond acceptors (Lipinski definition) is 4. The molecule has 1 amide bonds. The van der Waals surface area contributed by atoms with Gasteiger partial charge in [-0.1, -0.05) is 6.07 Å². The van der Waals surface area contributed by atoms with Gasteiger partial charge in [-0.15, -0.1) is 0 Å². The first kappa shape index (κ1) is 16.0. The van der Waals surface area contributed by atoms with Gasteiger partial charge in [-0.3, -0.25) is 4.79 Å². The Balaban J connectivity index is 2.49. The summed E-state index contributed by atoms with van der Waals surface area (Å²) in [7, 11) is 1.64. The maximum absolute atomic E-state index is 11.5. The van der Waals surface area contributed by atoms with E-state index in [1.807, 2.05) is 13.0 Å². The molecule has 20 heavy (non-hydrogen) atoms. The summed E-state index contributed by atoms with van der Waals surface area (Å²) in [6.45, 7) is 3.71. The standard InChI is InChI=1S/C15H22N2O3/c1-3-20-14-7-5-12(11-13(14)16)6-8-15(18)17-9-4-10-19-2/h5-8,11H,3-4,9-10,16H2,1-2H3,(H,17,18)/b8-6-. The Morgan fingerprint density at radius 1 is 1.45 bits per heavy atom. The highest BCUT2D eigenvalue weighted by Gasteiger charge is 2.00. The van der Waals surface area contributed by atoms with E-state index < -0.39 is 0 Å². The normalized spacial score (nSPS) is 10.7. The largest absolute Gasteiger partial charge is 0.492 e. The number of benzene rings is 1. The van der Waals surface area contributed by atoms with Crippen LogP contribution in [-0.4, -0.2) is 32.8 Å². The van der Waals surface area contributed by atoms with Gasteiger partial charge >= 0.3 is 0 Å². The Morgan fingerprint density at radius 3 is 2.90 bits per heavy atom. The number of methoxy groups -OCH3 is 1. The first-order valence-corrected chi connectivity index (χ1v) is 6.64. The van der Waals surface area contributed by atoms with Crippen LogP contribution < -0.4 is 15.8 Å². The average molecular weight is 278 g/mol. The van der Waals surface area contributed by atoms with Crippen molar-refractivity contribution in [3.05, 3.63) is 29.8 Å². The molecular formula is C15H22N2O3. The Hall–Kier alpha value is -2.01. The molecule has 0 radical (unpaired) electrons. The SMILES string of the molecule is CCOc1ccc(/C=C\C(=O)NCCCOC)cc1N. The number of carbonyl (C=O) groups excluding carboxylic acids is 1. The van der Waals surface area contributed by atoms with Crippen LogP contribution in [0.15, 0.2) is 24.3 Å². The van der Waals surface area contributed by atoms with Gasteiger partial charge < -0.3 is 20.5 Å². The molecule has 0 saturated heterocycles. The predicted octanol–water partition coefficient (Wildman–Crippen LogP) is 1.83. The molecule has 1 rings (SSSR count). The summed E-state index contributed by atoms with van der Waals surface area (Å²) in [4.78, 5) is 11.5. The van der Waals surface area contributed by atoms with Crippen molar-refractivity contribution in [1.82, 2.24) is 5.32 Å². The fraction of sp³-hybridized carbons (Fsp3) is 0.400. The van der Waals surface area contributed by atoms with Gasteiger partial charge in [-0.05, 0) is 37.1 Å². The highest BCUT2D eigenvalue weighted by atomic mass is 16.5. The number of ether oxygens (including phenoxy) is 2. The maximum atomic E-state index is 11.5. The van der Waals surface area contributed by atoms with Crippen molar-refractivity contribution in [2.24, 2.45) is 0 Å². The van der Waals surface area contributed by atoms with Crippen LogP contribution in [0.3, 0.4) is 0 Å². The molecule has 0 spiro atoms. The second kappa shape index (κ2) is 8.98. The molecule has 0 aliphatic heterocycles. The number of amides is 1. The van der Waals surface area contributed by atoms with Crippen LogP contribution in [0.2, 0.25) is 0 Å². The number of rotatable bonds is 8. The Labute approximate surface area is 119 Å². The van der Waals surface area contributed by atoms with Gasteiger partial charge in [0.05, 0.1) is 12.3 Å². The minimum atomic E-state index is -0.131. The van der Waals surface area contributed by atoms with E-state index in [1.54, 1.807) is 25.3 Å². The quantitative estimate of drug-likeness (QED) is 0.432. The summed E-state index contributed by atoms with van der Waals surface area (Å²) >= 11 is 0. The summed E-state index contributed by atoms with van der Waals surface area (Å²) in [5, 5.41) is 2.77. The molecule has 5 heteroatoms. The van der Waals surface area contributed by atoms with Gasteiger partial charge in [0, 0.05) is 26.3 Å². The van der Waals surface area contributed by atoms with Gasteiger partial charge in [0.1, 0.15) is 5.75 Å². The van der Waals surface area contributed by atoms with Gasteiger partial charge in [0.15, 0.2) is 0 Å². The van der Waals surface area contributed by atoms with E-state index in [2.05, 4.69) is 5.32 Å². The molecule has 0 aliphatic rings. The van der Waals surface area contributed by atoms with E-state index in [0.29, 0.717) is 31.2 Å². The fourth-order valence-corrected chi connectivity index (χ4v) is 1.62. The van der Waals surface area contributed by atoms with E-state index in [1.165, 1.54) is 6.08 Å². The number of nitrogens with one attached hydrogen (secondary N) is 1. The van der Waals surface area contributed by atoms with Crippen LogP contribution in [0.25, 0.3) is 6.08 Å². The van der Waals surface area contributed by atoms with Crippen LogP contribution in [0, 0.1) is 0 Å². The van der Waals surface area contributed by atoms with E-state index in [0.717, 1.165) is 12.0 Å². The van der Waals surface area contributed by atoms with Gasteiger partial charge in [-0.25, -0.2) is 0 Å². The van der Waals surface area contributed by atoms with Crippen molar-refractivity contribution in [2.75, 3.05) is 32.6 Å². The predicted molar refractivity (Wildman–Crippen MR) is 80.6 cm³/mol. The highest BCUT2D eigenvalue weighted by Crippen LogP contribution is 2.22. The average Bonchev–Trinajstić information content (AvgIpc) is 2.44. The maximum Gasteiger partial charge on any atom is 0.244 e. The lowest BCUT2D eigenvalue weighted by Crippen LogP contribution is -2.22. The third-order valence-corrected chi connectivity index (χ3v) is 2.59. The number of nitrogen functional groups attached to an aromatic ring is 1. The summed E-state index contributed by atoms with van der Waals surface area (Å²) in [5.41, 5.74) is 7.28. The van der Waals surface area contributed by atoms with Gasteiger partial charge in [0.25, 0.3) is 0 Å². The highest BCUT2D eigenvalue weighted by molar-refractivity contribution is 5.91.